The van der Waals surface area contributed by atoms with E-state index in [2.05, 4.69) is 4.98 Å². The zero-order valence-corrected chi connectivity index (χ0v) is 9.60. The third kappa shape index (κ3) is 12.6. The molecule has 3 heteroatoms. The van der Waals surface area contributed by atoms with Crippen molar-refractivity contribution in [3.63, 3.8) is 0 Å². The first-order valence-electron chi connectivity index (χ1n) is 4.98. The Labute approximate surface area is 91.2 Å². The molecule has 0 saturated carbocycles. The van der Waals surface area contributed by atoms with Crippen LogP contribution in [-0.4, -0.2) is 16.1 Å². The molecule has 1 N–H and O–H groups in total. The van der Waals surface area contributed by atoms with Gasteiger partial charge < -0.3 is 5.11 Å². The van der Waals surface area contributed by atoms with Crippen molar-refractivity contribution in [3.8, 4) is 0 Å². The smallest absolute Gasteiger partial charge is 0.303 e. The predicted molar refractivity (Wildman–Crippen MR) is 60.6 cm³/mol. The maximum atomic E-state index is 10.0. The van der Waals surface area contributed by atoms with Gasteiger partial charge in [0.2, 0.25) is 0 Å². The van der Waals surface area contributed by atoms with Crippen LogP contribution < -0.4 is 0 Å². The number of hydrogen-bond donors (Lipinski definition) is 1. The van der Waals surface area contributed by atoms with Gasteiger partial charge in [0.15, 0.2) is 0 Å². The van der Waals surface area contributed by atoms with Gasteiger partial charge in [-0.05, 0) is 24.0 Å². The summed E-state index contributed by atoms with van der Waals surface area (Å²) in [6, 6.07) is 5.72. The summed E-state index contributed by atoms with van der Waals surface area (Å²) in [7, 11) is 0. The molecule has 0 fully saturated rings. The van der Waals surface area contributed by atoms with Crippen LogP contribution in [0.25, 0.3) is 0 Å². The SMILES string of the molecule is CC(C)(C)CCC(=O)O.c1ccncc1. The summed E-state index contributed by atoms with van der Waals surface area (Å²) in [5.41, 5.74) is 0.151. The molecular formula is C12H19NO2. The number of pyridine rings is 1. The number of carboxylic acids is 1. The van der Waals surface area contributed by atoms with Gasteiger partial charge in [-0.3, -0.25) is 9.78 Å². The number of carboxylic acid groups (broad SMARTS) is 1. The van der Waals surface area contributed by atoms with Crippen molar-refractivity contribution in [2.45, 2.75) is 33.6 Å². The third-order valence-corrected chi connectivity index (χ3v) is 1.66. The van der Waals surface area contributed by atoms with Crippen LogP contribution in [0.2, 0.25) is 0 Å². The van der Waals surface area contributed by atoms with Gasteiger partial charge in [0.1, 0.15) is 0 Å². The lowest BCUT2D eigenvalue weighted by molar-refractivity contribution is -0.137. The van der Waals surface area contributed by atoms with Gasteiger partial charge in [-0.15, -0.1) is 0 Å². The molecule has 1 rings (SSSR count). The molecular weight excluding hydrogens is 190 g/mol. The first kappa shape index (κ1) is 13.6. The van der Waals surface area contributed by atoms with Crippen molar-refractivity contribution in [2.24, 2.45) is 5.41 Å². The quantitative estimate of drug-likeness (QED) is 0.814. The van der Waals surface area contributed by atoms with Crippen LogP contribution in [0.4, 0.5) is 0 Å². The fourth-order valence-corrected chi connectivity index (χ4v) is 0.795. The Morgan fingerprint density at radius 2 is 1.73 bits per heavy atom. The minimum absolute atomic E-state index is 0.151. The minimum atomic E-state index is -0.704. The Morgan fingerprint density at radius 1 is 1.20 bits per heavy atom. The lowest BCUT2D eigenvalue weighted by Crippen LogP contribution is -2.07. The second kappa shape index (κ2) is 6.98. The fourth-order valence-electron chi connectivity index (χ4n) is 0.795. The summed E-state index contributed by atoms with van der Waals surface area (Å²) >= 11 is 0. The molecule has 0 aliphatic carbocycles. The molecule has 3 nitrogen and oxygen atoms in total. The Balaban J connectivity index is 0.000000280. The number of carbonyl (C=O) groups is 1. The third-order valence-electron chi connectivity index (χ3n) is 1.66. The molecule has 0 bridgehead atoms. The van der Waals surface area contributed by atoms with Gasteiger partial charge in [0.05, 0.1) is 0 Å². The second-order valence-corrected chi connectivity index (χ2v) is 4.48. The Hall–Kier alpha value is -1.38. The van der Waals surface area contributed by atoms with Crippen molar-refractivity contribution in [1.82, 2.24) is 4.98 Å². The van der Waals surface area contributed by atoms with Crippen LogP contribution in [0, 0.1) is 5.41 Å². The summed E-state index contributed by atoms with van der Waals surface area (Å²) in [4.78, 5) is 13.8. The molecule has 0 amide bonds. The highest BCUT2D eigenvalue weighted by Crippen LogP contribution is 2.19. The van der Waals surface area contributed by atoms with Crippen LogP contribution in [0.15, 0.2) is 30.6 Å². The van der Waals surface area contributed by atoms with Crippen LogP contribution in [0.3, 0.4) is 0 Å². The predicted octanol–water partition coefficient (Wildman–Crippen LogP) is 2.98. The molecule has 15 heavy (non-hydrogen) atoms. The molecule has 0 aliphatic heterocycles. The van der Waals surface area contributed by atoms with Crippen molar-refractivity contribution < 1.29 is 9.90 Å². The van der Waals surface area contributed by atoms with E-state index < -0.39 is 5.97 Å². The van der Waals surface area contributed by atoms with Gasteiger partial charge in [-0.2, -0.15) is 0 Å². The molecule has 0 spiro atoms. The van der Waals surface area contributed by atoms with Gasteiger partial charge in [0, 0.05) is 18.8 Å². The molecule has 1 aromatic rings. The second-order valence-electron chi connectivity index (χ2n) is 4.48. The lowest BCUT2D eigenvalue weighted by Gasteiger charge is -2.15. The van der Waals surface area contributed by atoms with Gasteiger partial charge in [0.25, 0.3) is 0 Å². The molecule has 0 saturated heterocycles. The molecule has 0 radical (unpaired) electrons. The zero-order valence-electron chi connectivity index (χ0n) is 9.60. The van der Waals surface area contributed by atoms with E-state index in [0.717, 1.165) is 6.42 Å². The molecule has 1 aromatic heterocycles. The van der Waals surface area contributed by atoms with E-state index in [9.17, 15) is 4.79 Å². The van der Waals surface area contributed by atoms with E-state index in [4.69, 9.17) is 5.11 Å². The topological polar surface area (TPSA) is 50.2 Å². The number of nitrogens with zero attached hydrogens (tertiary/aromatic N) is 1. The molecule has 1 heterocycles. The lowest BCUT2D eigenvalue weighted by atomic mass is 9.91. The highest BCUT2D eigenvalue weighted by molar-refractivity contribution is 5.66. The standard InChI is InChI=1S/C7H14O2.C5H5N/c1-7(2,3)5-4-6(8)9;1-2-4-6-5-3-1/h4-5H2,1-3H3,(H,8,9);1-5H. The minimum Gasteiger partial charge on any atom is -0.481 e. The first-order valence-corrected chi connectivity index (χ1v) is 4.98. The molecule has 0 aliphatic rings. The van der Waals surface area contributed by atoms with E-state index in [0.29, 0.717) is 0 Å². The van der Waals surface area contributed by atoms with Crippen molar-refractivity contribution in [2.75, 3.05) is 0 Å². The average molecular weight is 209 g/mol. The van der Waals surface area contributed by atoms with Gasteiger partial charge in [-0.25, -0.2) is 0 Å². The van der Waals surface area contributed by atoms with Crippen molar-refractivity contribution >= 4 is 5.97 Å². The number of rotatable bonds is 2. The molecule has 0 atom stereocenters. The van der Waals surface area contributed by atoms with Gasteiger partial charge in [-0.1, -0.05) is 26.8 Å². The monoisotopic (exact) mass is 209 g/mol. The van der Waals surface area contributed by atoms with Crippen LogP contribution in [-0.2, 0) is 4.79 Å². The van der Waals surface area contributed by atoms with E-state index in [1.54, 1.807) is 12.4 Å². The highest BCUT2D eigenvalue weighted by Gasteiger charge is 2.11. The maximum Gasteiger partial charge on any atom is 0.303 e. The molecule has 0 unspecified atom stereocenters. The Morgan fingerprint density at radius 3 is 1.87 bits per heavy atom. The summed E-state index contributed by atoms with van der Waals surface area (Å²) in [6.07, 6.45) is 4.53. The fraction of sp³-hybridized carbons (Fsp3) is 0.500. The van der Waals surface area contributed by atoms with E-state index >= 15 is 0 Å². The van der Waals surface area contributed by atoms with Crippen molar-refractivity contribution in [3.05, 3.63) is 30.6 Å². The summed E-state index contributed by atoms with van der Waals surface area (Å²) < 4.78 is 0. The summed E-state index contributed by atoms with van der Waals surface area (Å²) in [5.74, 6) is -0.704. The van der Waals surface area contributed by atoms with Gasteiger partial charge >= 0.3 is 5.97 Å². The number of aromatic nitrogens is 1. The Bertz CT molecular complexity index is 238. The Kier molecular flexibility index (Phi) is 6.34. The maximum absolute atomic E-state index is 10.0. The molecule has 84 valence electrons. The first-order chi connectivity index (χ1) is 6.92. The number of hydrogen-bond acceptors (Lipinski definition) is 2. The van der Waals surface area contributed by atoms with E-state index in [-0.39, 0.29) is 11.8 Å². The van der Waals surface area contributed by atoms with Crippen LogP contribution >= 0.6 is 0 Å². The van der Waals surface area contributed by atoms with Crippen LogP contribution in [0.5, 0.6) is 0 Å². The summed E-state index contributed by atoms with van der Waals surface area (Å²) in [5, 5.41) is 8.28. The molecule has 0 aromatic carbocycles. The zero-order chi connectivity index (χ0) is 11.7. The summed E-state index contributed by atoms with van der Waals surface area (Å²) in [6.45, 7) is 6.11. The normalized spacial score (nSPS) is 10.1. The van der Waals surface area contributed by atoms with Crippen LogP contribution in [0.1, 0.15) is 33.6 Å². The van der Waals surface area contributed by atoms with Crippen molar-refractivity contribution in [1.29, 1.82) is 0 Å². The highest BCUT2D eigenvalue weighted by atomic mass is 16.4. The number of aliphatic carboxylic acids is 1. The average Bonchev–Trinajstić information content (AvgIpc) is 2.18. The van der Waals surface area contributed by atoms with E-state index in [1.165, 1.54) is 0 Å². The van der Waals surface area contributed by atoms with E-state index in [1.807, 2.05) is 39.0 Å². The largest absolute Gasteiger partial charge is 0.481 e.